The SMILES string of the molecule is COc1ccc2c(c1F)NCC(=O)N2. The molecule has 1 heterocycles. The molecular weight excluding hydrogens is 187 g/mol. The summed E-state index contributed by atoms with van der Waals surface area (Å²) in [6.45, 7) is 0.0804. The first-order valence-electron chi connectivity index (χ1n) is 4.12. The van der Waals surface area contributed by atoms with Gasteiger partial charge in [-0.05, 0) is 12.1 Å². The van der Waals surface area contributed by atoms with E-state index in [-0.39, 0.29) is 23.9 Å². The van der Waals surface area contributed by atoms with E-state index in [1.165, 1.54) is 13.2 Å². The van der Waals surface area contributed by atoms with Gasteiger partial charge >= 0.3 is 0 Å². The molecule has 14 heavy (non-hydrogen) atoms. The van der Waals surface area contributed by atoms with Crippen LogP contribution in [0, 0.1) is 5.82 Å². The van der Waals surface area contributed by atoms with Crippen molar-refractivity contribution in [3.05, 3.63) is 17.9 Å². The number of amides is 1. The van der Waals surface area contributed by atoms with Crippen LogP contribution in [-0.2, 0) is 4.79 Å². The van der Waals surface area contributed by atoms with Crippen molar-refractivity contribution in [2.24, 2.45) is 0 Å². The van der Waals surface area contributed by atoms with Crippen LogP contribution in [-0.4, -0.2) is 19.6 Å². The van der Waals surface area contributed by atoms with Crippen LogP contribution in [0.3, 0.4) is 0 Å². The van der Waals surface area contributed by atoms with E-state index in [1.54, 1.807) is 6.07 Å². The summed E-state index contributed by atoms with van der Waals surface area (Å²) in [7, 11) is 1.40. The lowest BCUT2D eigenvalue weighted by molar-refractivity contribution is -0.114. The van der Waals surface area contributed by atoms with Crippen molar-refractivity contribution in [3.63, 3.8) is 0 Å². The van der Waals surface area contributed by atoms with Crippen molar-refractivity contribution in [3.8, 4) is 5.75 Å². The van der Waals surface area contributed by atoms with Crippen LogP contribution in [0.25, 0.3) is 0 Å². The molecule has 0 fully saturated rings. The van der Waals surface area contributed by atoms with Gasteiger partial charge in [-0.25, -0.2) is 4.39 Å². The first kappa shape index (κ1) is 8.80. The second-order valence-electron chi connectivity index (χ2n) is 2.91. The molecule has 1 aliphatic heterocycles. The monoisotopic (exact) mass is 196 g/mol. The molecule has 1 aromatic rings. The lowest BCUT2D eigenvalue weighted by Crippen LogP contribution is -2.28. The Morgan fingerprint density at radius 2 is 2.29 bits per heavy atom. The summed E-state index contributed by atoms with van der Waals surface area (Å²) in [4.78, 5) is 11.0. The Balaban J connectivity index is 2.48. The second kappa shape index (κ2) is 3.17. The molecule has 2 N–H and O–H groups in total. The fourth-order valence-corrected chi connectivity index (χ4v) is 1.35. The molecule has 0 aromatic heterocycles. The van der Waals surface area contributed by atoms with E-state index in [0.29, 0.717) is 5.69 Å². The normalized spacial score (nSPS) is 14.0. The van der Waals surface area contributed by atoms with Crippen molar-refractivity contribution >= 4 is 17.3 Å². The molecule has 1 aliphatic rings. The number of halogens is 1. The molecular formula is C9H9FN2O2. The summed E-state index contributed by atoms with van der Waals surface area (Å²) < 4.78 is 18.4. The number of benzene rings is 1. The minimum atomic E-state index is -0.481. The van der Waals surface area contributed by atoms with Gasteiger partial charge in [0.25, 0.3) is 0 Å². The molecule has 0 bridgehead atoms. The second-order valence-corrected chi connectivity index (χ2v) is 2.91. The van der Waals surface area contributed by atoms with Crippen LogP contribution in [0.1, 0.15) is 0 Å². The molecule has 74 valence electrons. The molecule has 5 heteroatoms. The Kier molecular flexibility index (Phi) is 1.99. The number of methoxy groups -OCH3 is 1. The van der Waals surface area contributed by atoms with Crippen molar-refractivity contribution in [1.29, 1.82) is 0 Å². The van der Waals surface area contributed by atoms with E-state index in [0.717, 1.165) is 0 Å². The van der Waals surface area contributed by atoms with Gasteiger partial charge in [-0.3, -0.25) is 4.79 Å². The highest BCUT2D eigenvalue weighted by molar-refractivity contribution is 6.00. The van der Waals surface area contributed by atoms with Crippen LogP contribution in [0.5, 0.6) is 5.75 Å². The van der Waals surface area contributed by atoms with E-state index in [4.69, 9.17) is 4.74 Å². The number of ether oxygens (including phenoxy) is 1. The number of nitrogens with one attached hydrogen (secondary N) is 2. The smallest absolute Gasteiger partial charge is 0.243 e. The fourth-order valence-electron chi connectivity index (χ4n) is 1.35. The quantitative estimate of drug-likeness (QED) is 0.709. The molecule has 0 radical (unpaired) electrons. The molecule has 0 unspecified atom stereocenters. The van der Waals surface area contributed by atoms with E-state index in [9.17, 15) is 9.18 Å². The zero-order valence-electron chi connectivity index (χ0n) is 7.56. The maximum atomic E-state index is 13.5. The highest BCUT2D eigenvalue weighted by Gasteiger charge is 2.19. The van der Waals surface area contributed by atoms with Crippen molar-refractivity contribution in [2.45, 2.75) is 0 Å². The Morgan fingerprint density at radius 3 is 3.00 bits per heavy atom. The van der Waals surface area contributed by atoms with Gasteiger partial charge in [0, 0.05) is 0 Å². The average Bonchev–Trinajstić information content (AvgIpc) is 2.18. The number of carbonyl (C=O) groups excluding carboxylic acids is 1. The van der Waals surface area contributed by atoms with Crippen LogP contribution >= 0.6 is 0 Å². The minimum Gasteiger partial charge on any atom is -0.494 e. The van der Waals surface area contributed by atoms with Gasteiger partial charge in [0.1, 0.15) is 0 Å². The summed E-state index contributed by atoms with van der Waals surface area (Å²) in [5, 5.41) is 5.24. The molecule has 2 rings (SSSR count). The molecule has 1 aromatic carbocycles. The predicted molar refractivity (Wildman–Crippen MR) is 50.1 cm³/mol. The number of hydrogen-bond donors (Lipinski definition) is 2. The molecule has 1 amide bonds. The predicted octanol–water partition coefficient (Wildman–Crippen LogP) is 1.20. The first-order valence-corrected chi connectivity index (χ1v) is 4.12. The van der Waals surface area contributed by atoms with E-state index < -0.39 is 5.82 Å². The third-order valence-corrected chi connectivity index (χ3v) is 2.03. The van der Waals surface area contributed by atoms with Crippen LogP contribution < -0.4 is 15.4 Å². The Bertz CT molecular complexity index is 393. The number of hydrogen-bond acceptors (Lipinski definition) is 3. The fraction of sp³-hybridized carbons (Fsp3) is 0.222. The maximum absolute atomic E-state index is 13.5. The topological polar surface area (TPSA) is 50.4 Å². The zero-order valence-corrected chi connectivity index (χ0v) is 7.56. The van der Waals surface area contributed by atoms with Gasteiger partial charge in [-0.1, -0.05) is 0 Å². The summed E-state index contributed by atoms with van der Waals surface area (Å²) in [5.41, 5.74) is 0.725. The molecule has 0 aliphatic carbocycles. The highest BCUT2D eigenvalue weighted by Crippen LogP contribution is 2.33. The molecule has 0 saturated heterocycles. The summed E-state index contributed by atoms with van der Waals surface area (Å²) in [5.74, 6) is -0.500. The summed E-state index contributed by atoms with van der Waals surface area (Å²) in [6, 6.07) is 3.07. The Hall–Kier alpha value is -1.78. The van der Waals surface area contributed by atoms with Gasteiger partial charge in [0.15, 0.2) is 11.6 Å². The number of rotatable bonds is 1. The lowest BCUT2D eigenvalue weighted by Gasteiger charge is -2.19. The third-order valence-electron chi connectivity index (χ3n) is 2.03. The summed E-state index contributed by atoms with van der Waals surface area (Å²) in [6.07, 6.45) is 0. The number of carbonyl (C=O) groups is 1. The lowest BCUT2D eigenvalue weighted by atomic mass is 10.2. The van der Waals surface area contributed by atoms with Gasteiger partial charge < -0.3 is 15.4 Å². The van der Waals surface area contributed by atoms with E-state index in [2.05, 4.69) is 10.6 Å². The number of anilines is 2. The maximum Gasteiger partial charge on any atom is 0.243 e. The third kappa shape index (κ3) is 1.26. The van der Waals surface area contributed by atoms with Gasteiger partial charge in [-0.2, -0.15) is 0 Å². The molecule has 4 nitrogen and oxygen atoms in total. The average molecular weight is 196 g/mol. The van der Waals surface area contributed by atoms with Crippen LogP contribution in [0.15, 0.2) is 12.1 Å². The van der Waals surface area contributed by atoms with Crippen molar-refractivity contribution < 1.29 is 13.9 Å². The first-order chi connectivity index (χ1) is 6.72. The molecule has 0 atom stereocenters. The Labute approximate surface area is 80.1 Å². The van der Waals surface area contributed by atoms with E-state index in [1.807, 2.05) is 0 Å². The van der Waals surface area contributed by atoms with E-state index >= 15 is 0 Å². The van der Waals surface area contributed by atoms with Crippen molar-refractivity contribution in [2.75, 3.05) is 24.3 Å². The Morgan fingerprint density at radius 1 is 1.50 bits per heavy atom. The van der Waals surface area contributed by atoms with Gasteiger partial charge in [0.2, 0.25) is 5.91 Å². The van der Waals surface area contributed by atoms with Crippen LogP contribution in [0.2, 0.25) is 0 Å². The summed E-state index contributed by atoms with van der Waals surface area (Å²) >= 11 is 0. The van der Waals surface area contributed by atoms with Crippen molar-refractivity contribution in [1.82, 2.24) is 0 Å². The largest absolute Gasteiger partial charge is 0.494 e. The minimum absolute atomic E-state index is 0.0804. The zero-order chi connectivity index (χ0) is 10.1. The van der Waals surface area contributed by atoms with Crippen LogP contribution in [0.4, 0.5) is 15.8 Å². The molecule has 0 spiro atoms. The van der Waals surface area contributed by atoms with Gasteiger partial charge in [0.05, 0.1) is 25.0 Å². The molecule has 0 saturated carbocycles. The highest BCUT2D eigenvalue weighted by atomic mass is 19.1. The number of fused-ring (bicyclic) bond motifs is 1. The standard InChI is InChI=1S/C9H9FN2O2/c1-14-6-3-2-5-9(8(6)10)11-4-7(13)12-5/h2-3,11H,4H2,1H3,(H,12,13). The van der Waals surface area contributed by atoms with Gasteiger partial charge in [-0.15, -0.1) is 0 Å².